The number of benzene rings is 2. The number of carbonyl (C=O) groups excluding carboxylic acids is 2. The number of likely N-dealkylation sites (tertiary alicyclic amines) is 1. The van der Waals surface area contributed by atoms with Gasteiger partial charge in [-0.3, -0.25) is 19.6 Å². The summed E-state index contributed by atoms with van der Waals surface area (Å²) in [5, 5.41) is 3.16. The van der Waals surface area contributed by atoms with E-state index in [9.17, 15) is 22.8 Å². The Labute approximate surface area is 254 Å². The van der Waals surface area contributed by atoms with Crippen molar-refractivity contribution >= 4 is 17.7 Å². The van der Waals surface area contributed by atoms with Gasteiger partial charge in [0.2, 0.25) is 0 Å². The summed E-state index contributed by atoms with van der Waals surface area (Å²) < 4.78 is 44.4. The fraction of sp³-hybridized carbons (Fsp3) is 0.424. The highest BCUT2D eigenvalue weighted by atomic mass is 19.4. The van der Waals surface area contributed by atoms with Crippen LogP contribution in [0.1, 0.15) is 52.7 Å². The van der Waals surface area contributed by atoms with E-state index >= 15 is 0 Å². The standard InChI is InChI=1S/C33H36F3N5O3/c34-33(35,36)27-7-3-24(4-8-27)21-39-19-13-32(14-20-39)23-41(31(43)44-32)22-25-1-5-26(6-2-25)30(42)38-28-11-17-40(18-12-28)29-9-15-37-16-10-29/h1-10,15-16,28H,11-14,17-23H2,(H,38,42). The lowest BCUT2D eigenvalue weighted by Crippen LogP contribution is -2.46. The van der Waals surface area contributed by atoms with Crippen LogP contribution in [-0.4, -0.2) is 71.2 Å². The van der Waals surface area contributed by atoms with E-state index in [4.69, 9.17) is 4.74 Å². The van der Waals surface area contributed by atoms with Gasteiger partial charge in [0, 0.05) is 81.8 Å². The Morgan fingerprint density at radius 1 is 0.886 bits per heavy atom. The van der Waals surface area contributed by atoms with E-state index < -0.39 is 17.3 Å². The SMILES string of the molecule is O=C(NC1CCN(c2ccncc2)CC1)c1ccc(CN2CC3(CCN(Cc4ccc(C(F)(F)F)cc4)CC3)OC2=O)cc1. The zero-order chi connectivity index (χ0) is 30.7. The molecule has 3 aliphatic rings. The van der Waals surface area contributed by atoms with Gasteiger partial charge in [-0.2, -0.15) is 13.2 Å². The molecule has 0 radical (unpaired) electrons. The van der Waals surface area contributed by atoms with E-state index in [0.29, 0.717) is 51.1 Å². The van der Waals surface area contributed by atoms with E-state index in [0.717, 1.165) is 54.9 Å². The maximum absolute atomic E-state index is 12.9. The number of piperidine rings is 2. The summed E-state index contributed by atoms with van der Waals surface area (Å²) in [7, 11) is 0. The molecule has 3 aliphatic heterocycles. The number of hydrogen-bond donors (Lipinski definition) is 1. The van der Waals surface area contributed by atoms with Crippen LogP contribution in [0.5, 0.6) is 0 Å². The smallest absolute Gasteiger partial charge is 0.416 e. The van der Waals surface area contributed by atoms with Crippen LogP contribution < -0.4 is 10.2 Å². The number of alkyl halides is 3. The second-order valence-electron chi connectivity index (χ2n) is 12.0. The molecule has 11 heteroatoms. The molecule has 2 aromatic carbocycles. The number of nitrogens with one attached hydrogen (secondary N) is 1. The second-order valence-corrected chi connectivity index (χ2v) is 12.0. The van der Waals surface area contributed by atoms with Gasteiger partial charge in [0.1, 0.15) is 5.60 Å². The number of amides is 2. The van der Waals surface area contributed by atoms with Crippen molar-refractivity contribution in [2.45, 2.75) is 56.6 Å². The van der Waals surface area contributed by atoms with E-state index in [1.54, 1.807) is 29.4 Å². The molecule has 0 aliphatic carbocycles. The highest BCUT2D eigenvalue weighted by Crippen LogP contribution is 2.35. The van der Waals surface area contributed by atoms with Crippen molar-refractivity contribution in [3.8, 4) is 0 Å². The molecule has 6 rings (SSSR count). The van der Waals surface area contributed by atoms with Crippen LogP contribution in [0.25, 0.3) is 0 Å². The molecule has 1 N–H and O–H groups in total. The monoisotopic (exact) mass is 607 g/mol. The third kappa shape index (κ3) is 6.99. The number of rotatable bonds is 7. The summed E-state index contributed by atoms with van der Waals surface area (Å²) in [6.07, 6.45) is 1.96. The molecular formula is C33H36F3N5O3. The first kappa shape index (κ1) is 29.9. The summed E-state index contributed by atoms with van der Waals surface area (Å²) in [4.78, 5) is 35.9. The maximum Gasteiger partial charge on any atom is 0.416 e. The molecule has 8 nitrogen and oxygen atoms in total. The van der Waals surface area contributed by atoms with Crippen molar-refractivity contribution < 1.29 is 27.5 Å². The van der Waals surface area contributed by atoms with Gasteiger partial charge in [0.15, 0.2) is 0 Å². The van der Waals surface area contributed by atoms with Gasteiger partial charge in [-0.25, -0.2) is 4.79 Å². The summed E-state index contributed by atoms with van der Waals surface area (Å²) in [5.74, 6) is -0.0958. The first-order chi connectivity index (χ1) is 21.2. The molecule has 3 aromatic rings. The molecular weight excluding hydrogens is 571 g/mol. The van der Waals surface area contributed by atoms with Crippen LogP contribution in [0.4, 0.5) is 23.7 Å². The number of aromatic nitrogens is 1. The third-order valence-electron chi connectivity index (χ3n) is 8.94. The van der Waals surface area contributed by atoms with Crippen LogP contribution in [0, 0.1) is 0 Å². The summed E-state index contributed by atoms with van der Waals surface area (Å²) in [6, 6.07) is 16.8. The Balaban J connectivity index is 0.956. The Kier molecular flexibility index (Phi) is 8.48. The molecule has 3 fully saturated rings. The van der Waals surface area contributed by atoms with Crippen LogP contribution in [0.3, 0.4) is 0 Å². The van der Waals surface area contributed by atoms with Gasteiger partial charge in [0.05, 0.1) is 12.1 Å². The molecule has 44 heavy (non-hydrogen) atoms. The maximum atomic E-state index is 12.9. The van der Waals surface area contributed by atoms with Gasteiger partial charge in [-0.15, -0.1) is 0 Å². The van der Waals surface area contributed by atoms with Gasteiger partial charge in [0.25, 0.3) is 5.91 Å². The largest absolute Gasteiger partial charge is 0.441 e. The van der Waals surface area contributed by atoms with Crippen molar-refractivity contribution in [1.29, 1.82) is 0 Å². The number of pyridine rings is 1. The summed E-state index contributed by atoms with van der Waals surface area (Å²) >= 11 is 0. The van der Waals surface area contributed by atoms with Crippen molar-refractivity contribution in [3.63, 3.8) is 0 Å². The fourth-order valence-electron chi connectivity index (χ4n) is 6.34. The first-order valence-electron chi connectivity index (χ1n) is 15.1. The minimum atomic E-state index is -4.34. The molecule has 2 amide bonds. The van der Waals surface area contributed by atoms with Crippen LogP contribution >= 0.6 is 0 Å². The molecule has 0 saturated carbocycles. The average Bonchev–Trinajstić information content (AvgIpc) is 3.33. The van der Waals surface area contributed by atoms with E-state index in [2.05, 4.69) is 20.1 Å². The Morgan fingerprint density at radius 3 is 2.14 bits per heavy atom. The topological polar surface area (TPSA) is 78.0 Å². The predicted octanol–water partition coefficient (Wildman–Crippen LogP) is 5.49. The lowest BCUT2D eigenvalue weighted by atomic mass is 9.91. The molecule has 1 spiro atoms. The highest BCUT2D eigenvalue weighted by Gasteiger charge is 2.46. The fourth-order valence-corrected chi connectivity index (χ4v) is 6.34. The van der Waals surface area contributed by atoms with Gasteiger partial charge < -0.3 is 15.0 Å². The van der Waals surface area contributed by atoms with Gasteiger partial charge >= 0.3 is 12.3 Å². The lowest BCUT2D eigenvalue weighted by molar-refractivity contribution is -0.137. The molecule has 4 heterocycles. The number of hydrogen-bond acceptors (Lipinski definition) is 6. The minimum absolute atomic E-state index is 0.0958. The van der Waals surface area contributed by atoms with E-state index in [-0.39, 0.29) is 18.0 Å². The Hall–Kier alpha value is -4.12. The molecule has 3 saturated heterocycles. The van der Waals surface area contributed by atoms with Crippen molar-refractivity contribution in [3.05, 3.63) is 95.3 Å². The number of anilines is 1. The number of nitrogens with zero attached hydrogens (tertiary/aromatic N) is 4. The van der Waals surface area contributed by atoms with Crippen molar-refractivity contribution in [2.75, 3.05) is 37.6 Å². The van der Waals surface area contributed by atoms with Crippen LogP contribution in [0.15, 0.2) is 73.1 Å². The quantitative estimate of drug-likeness (QED) is 0.383. The van der Waals surface area contributed by atoms with Gasteiger partial charge in [-0.05, 0) is 60.4 Å². The third-order valence-corrected chi connectivity index (χ3v) is 8.94. The predicted molar refractivity (Wildman–Crippen MR) is 159 cm³/mol. The molecule has 0 atom stereocenters. The number of carbonyl (C=O) groups is 2. The molecule has 1 aromatic heterocycles. The lowest BCUT2D eigenvalue weighted by Gasteiger charge is -2.37. The van der Waals surface area contributed by atoms with E-state index in [1.165, 1.54) is 12.1 Å². The Morgan fingerprint density at radius 2 is 1.50 bits per heavy atom. The molecule has 0 unspecified atom stereocenters. The number of halogens is 3. The van der Waals surface area contributed by atoms with Crippen LogP contribution in [-0.2, 0) is 24.0 Å². The second kappa shape index (κ2) is 12.5. The highest BCUT2D eigenvalue weighted by molar-refractivity contribution is 5.94. The minimum Gasteiger partial charge on any atom is -0.441 e. The van der Waals surface area contributed by atoms with Crippen molar-refractivity contribution in [1.82, 2.24) is 20.1 Å². The summed E-state index contributed by atoms with van der Waals surface area (Å²) in [6.45, 7) is 4.56. The first-order valence-corrected chi connectivity index (χ1v) is 15.1. The number of ether oxygens (including phenoxy) is 1. The average molecular weight is 608 g/mol. The van der Waals surface area contributed by atoms with Gasteiger partial charge in [-0.1, -0.05) is 24.3 Å². The summed E-state index contributed by atoms with van der Waals surface area (Å²) in [5.41, 5.74) is 2.27. The van der Waals surface area contributed by atoms with Crippen molar-refractivity contribution in [2.24, 2.45) is 0 Å². The Bertz CT molecular complexity index is 1430. The zero-order valence-corrected chi connectivity index (χ0v) is 24.4. The normalized spacial score (nSPS) is 19.3. The van der Waals surface area contributed by atoms with E-state index in [1.807, 2.05) is 24.3 Å². The molecule has 0 bridgehead atoms. The molecule has 232 valence electrons. The van der Waals surface area contributed by atoms with Crippen LogP contribution in [0.2, 0.25) is 0 Å². The zero-order valence-electron chi connectivity index (χ0n) is 24.4.